The van der Waals surface area contributed by atoms with Gasteiger partial charge in [-0.15, -0.1) is 0 Å². The van der Waals surface area contributed by atoms with E-state index in [0.29, 0.717) is 16.8 Å². The summed E-state index contributed by atoms with van der Waals surface area (Å²) in [5.74, 6) is -4.62. The Bertz CT molecular complexity index is 1770. The van der Waals surface area contributed by atoms with Crippen LogP contribution in [0, 0.1) is 17.2 Å². The molecule has 0 aromatic heterocycles. The molecule has 0 spiro atoms. The van der Waals surface area contributed by atoms with Crippen molar-refractivity contribution in [2.45, 2.75) is 32.1 Å². The zero-order valence-electron chi connectivity index (χ0n) is 25.2. The Morgan fingerprint density at radius 1 is 0.809 bits per heavy atom. The third-order valence-electron chi connectivity index (χ3n) is 8.48. The highest BCUT2D eigenvalue weighted by Crippen LogP contribution is 2.44. The molecule has 7 nitrogen and oxygen atoms in total. The average Bonchev–Trinajstić information content (AvgIpc) is 3.03. The molecule has 5 rings (SSSR count). The normalized spacial score (nSPS) is 19.1. The van der Waals surface area contributed by atoms with Gasteiger partial charge >= 0.3 is 12.4 Å². The maximum Gasteiger partial charge on any atom is 0.416 e. The highest BCUT2D eigenvalue weighted by Gasteiger charge is 2.49. The van der Waals surface area contributed by atoms with Crippen LogP contribution in [-0.2, 0) is 26.7 Å². The van der Waals surface area contributed by atoms with Gasteiger partial charge < -0.3 is 9.80 Å². The van der Waals surface area contributed by atoms with E-state index in [-0.39, 0.29) is 43.1 Å². The first-order valence-electron chi connectivity index (χ1n) is 14.6. The van der Waals surface area contributed by atoms with Crippen molar-refractivity contribution in [1.29, 1.82) is 5.26 Å². The molecule has 3 aromatic carbocycles. The van der Waals surface area contributed by atoms with Gasteiger partial charge in [0.25, 0.3) is 0 Å². The van der Waals surface area contributed by atoms with E-state index in [1.54, 1.807) is 4.90 Å². The van der Waals surface area contributed by atoms with Gasteiger partial charge in [-0.1, -0.05) is 18.2 Å². The SMILES string of the molecule is CC(=O)C1=C(C)N(c2cccc(C(F)(F)F)c2)C(=O)C(C(=O)N2CCN(c3ccc(C(F)(F)F)cc3)CC2)C1c1ccc(C#N)cc1. The van der Waals surface area contributed by atoms with Gasteiger partial charge in [0.2, 0.25) is 11.8 Å². The van der Waals surface area contributed by atoms with Crippen molar-refractivity contribution in [2.24, 2.45) is 5.92 Å². The summed E-state index contributed by atoms with van der Waals surface area (Å²) in [6.45, 7) is 3.32. The number of rotatable bonds is 5. The van der Waals surface area contributed by atoms with Crippen LogP contribution in [0.15, 0.2) is 84.1 Å². The van der Waals surface area contributed by atoms with E-state index < -0.39 is 52.9 Å². The minimum atomic E-state index is -4.72. The topological polar surface area (TPSA) is 84.7 Å². The number of hydrogen-bond donors (Lipinski definition) is 0. The zero-order chi connectivity index (χ0) is 34.3. The van der Waals surface area contributed by atoms with Crippen molar-refractivity contribution < 1.29 is 40.7 Å². The summed E-state index contributed by atoms with van der Waals surface area (Å²) >= 11 is 0. The quantitative estimate of drug-likeness (QED) is 0.230. The molecule has 2 heterocycles. The maximum absolute atomic E-state index is 14.4. The minimum Gasteiger partial charge on any atom is -0.368 e. The number of nitriles is 1. The molecule has 0 bridgehead atoms. The van der Waals surface area contributed by atoms with Crippen molar-refractivity contribution >= 4 is 29.0 Å². The smallest absolute Gasteiger partial charge is 0.368 e. The first kappa shape index (κ1) is 33.2. The van der Waals surface area contributed by atoms with Gasteiger partial charge in [-0.25, -0.2) is 0 Å². The highest BCUT2D eigenvalue weighted by molar-refractivity contribution is 6.15. The van der Waals surface area contributed by atoms with E-state index in [2.05, 4.69) is 0 Å². The molecule has 47 heavy (non-hydrogen) atoms. The molecule has 2 unspecified atom stereocenters. The molecule has 0 aliphatic carbocycles. The molecule has 1 fully saturated rings. The Balaban J connectivity index is 1.53. The van der Waals surface area contributed by atoms with Gasteiger partial charge in [-0.3, -0.25) is 19.3 Å². The number of alkyl halides is 6. The van der Waals surface area contributed by atoms with Crippen LogP contribution in [0.5, 0.6) is 0 Å². The van der Waals surface area contributed by atoms with Gasteiger partial charge in [0.15, 0.2) is 5.78 Å². The lowest BCUT2D eigenvalue weighted by molar-refractivity contribution is -0.143. The summed E-state index contributed by atoms with van der Waals surface area (Å²) in [6.07, 6.45) is -9.21. The summed E-state index contributed by atoms with van der Waals surface area (Å²) < 4.78 is 80.0. The van der Waals surface area contributed by atoms with Crippen LogP contribution in [0.2, 0.25) is 0 Å². The van der Waals surface area contributed by atoms with Gasteiger partial charge in [-0.05, 0) is 74.0 Å². The molecule has 2 aliphatic heterocycles. The number of allylic oxidation sites excluding steroid dienone is 2. The van der Waals surface area contributed by atoms with Crippen molar-refractivity contribution in [2.75, 3.05) is 36.0 Å². The van der Waals surface area contributed by atoms with Crippen molar-refractivity contribution in [1.82, 2.24) is 4.90 Å². The molecule has 13 heteroatoms. The van der Waals surface area contributed by atoms with E-state index in [0.717, 1.165) is 35.2 Å². The largest absolute Gasteiger partial charge is 0.416 e. The number of amides is 2. The van der Waals surface area contributed by atoms with Crippen LogP contribution < -0.4 is 9.80 Å². The summed E-state index contributed by atoms with van der Waals surface area (Å²) in [4.78, 5) is 46.1. The Kier molecular flexibility index (Phi) is 8.90. The molecule has 0 saturated carbocycles. The molecular weight excluding hydrogens is 626 g/mol. The van der Waals surface area contributed by atoms with E-state index in [4.69, 9.17) is 0 Å². The predicted molar refractivity (Wildman–Crippen MR) is 160 cm³/mol. The van der Waals surface area contributed by atoms with Gasteiger partial charge in [0, 0.05) is 54.7 Å². The molecule has 2 aliphatic rings. The Morgan fingerprint density at radius 2 is 1.40 bits per heavy atom. The highest BCUT2D eigenvalue weighted by atomic mass is 19.4. The maximum atomic E-state index is 14.4. The Morgan fingerprint density at radius 3 is 1.94 bits per heavy atom. The Hall–Kier alpha value is -5.12. The number of carbonyl (C=O) groups is 3. The molecular formula is C34H28F6N4O3. The standard InChI is InChI=1S/C34H28F6N4O3/c1-20-28(21(2)45)29(23-8-6-22(19-41)7-9-23)30(32(47)44(20)27-5-3-4-25(18-27)34(38,39)40)31(46)43-16-14-42(15-17-43)26-12-10-24(11-13-26)33(35,36)37/h3-13,18,29-30H,14-17H2,1-2H3. The van der Waals surface area contributed by atoms with Crippen molar-refractivity contribution in [3.63, 3.8) is 0 Å². The molecule has 0 N–H and O–H groups in total. The second-order valence-corrected chi connectivity index (χ2v) is 11.3. The molecule has 2 amide bonds. The number of Topliss-reactive ketones (excluding diaryl/α,β-unsaturated/α-hetero) is 1. The number of ketones is 1. The number of carbonyl (C=O) groups excluding carboxylic acids is 3. The first-order chi connectivity index (χ1) is 22.1. The second-order valence-electron chi connectivity index (χ2n) is 11.3. The fraction of sp³-hybridized carbons (Fsp3) is 0.294. The van der Waals surface area contributed by atoms with E-state index >= 15 is 0 Å². The van der Waals surface area contributed by atoms with Gasteiger partial charge in [-0.2, -0.15) is 31.6 Å². The number of nitrogens with zero attached hydrogens (tertiary/aromatic N) is 4. The summed E-state index contributed by atoms with van der Waals surface area (Å²) in [7, 11) is 0. The first-order valence-corrected chi connectivity index (χ1v) is 14.6. The average molecular weight is 655 g/mol. The summed E-state index contributed by atoms with van der Waals surface area (Å²) in [6, 6.07) is 16.7. The summed E-state index contributed by atoms with van der Waals surface area (Å²) in [5, 5.41) is 9.30. The van der Waals surface area contributed by atoms with E-state index in [1.165, 1.54) is 61.2 Å². The van der Waals surface area contributed by atoms with Crippen LogP contribution in [0.4, 0.5) is 37.7 Å². The second kappa shape index (κ2) is 12.6. The molecule has 2 atom stereocenters. The molecule has 3 aromatic rings. The zero-order valence-corrected chi connectivity index (χ0v) is 25.2. The number of piperazine rings is 1. The van der Waals surface area contributed by atoms with Crippen LogP contribution in [0.3, 0.4) is 0 Å². The number of anilines is 2. The number of hydrogen-bond acceptors (Lipinski definition) is 5. The minimum absolute atomic E-state index is 0.0634. The lowest BCUT2D eigenvalue weighted by Gasteiger charge is -2.43. The molecule has 0 radical (unpaired) electrons. The third kappa shape index (κ3) is 6.58. The fourth-order valence-electron chi connectivity index (χ4n) is 6.19. The monoisotopic (exact) mass is 654 g/mol. The van der Waals surface area contributed by atoms with Crippen molar-refractivity contribution in [3.8, 4) is 6.07 Å². The fourth-order valence-corrected chi connectivity index (χ4v) is 6.19. The van der Waals surface area contributed by atoms with Gasteiger partial charge in [0.05, 0.1) is 22.8 Å². The molecule has 1 saturated heterocycles. The van der Waals surface area contributed by atoms with Crippen LogP contribution in [0.25, 0.3) is 0 Å². The van der Waals surface area contributed by atoms with Crippen LogP contribution >= 0.6 is 0 Å². The van der Waals surface area contributed by atoms with E-state index in [9.17, 15) is 46.0 Å². The van der Waals surface area contributed by atoms with Crippen LogP contribution in [-0.4, -0.2) is 48.7 Å². The van der Waals surface area contributed by atoms with E-state index in [1.807, 2.05) is 6.07 Å². The van der Waals surface area contributed by atoms with Crippen LogP contribution in [0.1, 0.15) is 42.0 Å². The number of benzene rings is 3. The predicted octanol–water partition coefficient (Wildman–Crippen LogP) is 6.55. The third-order valence-corrected chi connectivity index (χ3v) is 8.48. The number of halogens is 6. The summed E-state index contributed by atoms with van der Waals surface area (Å²) in [5.41, 5.74) is -0.625. The van der Waals surface area contributed by atoms with Gasteiger partial charge in [0.1, 0.15) is 5.92 Å². The molecule has 244 valence electrons. The Labute approximate surface area is 266 Å². The van der Waals surface area contributed by atoms with Crippen molar-refractivity contribution in [3.05, 3.63) is 106 Å². The lowest BCUT2D eigenvalue weighted by Crippen LogP contribution is -2.56. The lowest BCUT2D eigenvalue weighted by atomic mass is 9.73.